The first-order valence-corrected chi connectivity index (χ1v) is 5.36. The summed E-state index contributed by atoms with van der Waals surface area (Å²) in [4.78, 5) is 12.8. The summed E-state index contributed by atoms with van der Waals surface area (Å²) in [7, 11) is 1.89. The smallest absolute Gasteiger partial charge is 0.251 e. The maximum absolute atomic E-state index is 4.43. The molecule has 0 atom stereocenters. The molecule has 0 aromatic carbocycles. The number of rotatable bonds is 3. The number of hydrogen-bond donors (Lipinski definition) is 2. The van der Waals surface area contributed by atoms with Crippen molar-refractivity contribution in [3.8, 4) is 11.4 Å². The van der Waals surface area contributed by atoms with Crippen LogP contribution >= 0.6 is 0 Å². The first kappa shape index (κ1) is 9.98. The van der Waals surface area contributed by atoms with Crippen LogP contribution in [0.4, 0.5) is 0 Å². The second kappa shape index (κ2) is 3.99. The molecule has 0 saturated heterocycles. The summed E-state index contributed by atoms with van der Waals surface area (Å²) < 4.78 is 1.82. The third-order valence-electron chi connectivity index (χ3n) is 2.49. The summed E-state index contributed by atoms with van der Waals surface area (Å²) in [5.74, 6) is 1.48. The molecular formula is C11H12N6. The van der Waals surface area contributed by atoms with E-state index in [-0.39, 0.29) is 0 Å². The molecule has 3 rings (SSSR count). The van der Waals surface area contributed by atoms with Gasteiger partial charge in [0.1, 0.15) is 0 Å². The zero-order chi connectivity index (χ0) is 11.7. The van der Waals surface area contributed by atoms with Crippen LogP contribution in [0.1, 0.15) is 5.69 Å². The lowest BCUT2D eigenvalue weighted by molar-refractivity contribution is 0.795. The zero-order valence-electron chi connectivity index (χ0n) is 9.38. The van der Waals surface area contributed by atoms with Crippen molar-refractivity contribution in [1.82, 2.24) is 29.9 Å². The van der Waals surface area contributed by atoms with Crippen molar-refractivity contribution in [3.63, 3.8) is 0 Å². The SMILES string of the molecule is CNCc1cn2[nH]c(-c3ccncc3)nc2n1. The molecule has 3 aromatic rings. The van der Waals surface area contributed by atoms with Crippen LogP contribution in [0.2, 0.25) is 0 Å². The van der Waals surface area contributed by atoms with Crippen LogP contribution < -0.4 is 5.32 Å². The molecule has 0 aliphatic carbocycles. The number of aromatic amines is 1. The van der Waals surface area contributed by atoms with E-state index in [1.165, 1.54) is 0 Å². The van der Waals surface area contributed by atoms with Crippen molar-refractivity contribution in [2.45, 2.75) is 6.54 Å². The average molecular weight is 228 g/mol. The molecule has 6 heteroatoms. The molecule has 0 saturated carbocycles. The van der Waals surface area contributed by atoms with Crippen molar-refractivity contribution in [2.24, 2.45) is 0 Å². The minimum atomic E-state index is 0.682. The molecule has 2 N–H and O–H groups in total. The van der Waals surface area contributed by atoms with Gasteiger partial charge in [0.25, 0.3) is 5.78 Å². The standard InChI is InChI=1S/C11H12N6/c1-12-6-9-7-17-11(14-9)15-10(16-17)8-2-4-13-5-3-8/h2-5,7,12H,6H2,1H3,(H,14,15,16). The lowest BCUT2D eigenvalue weighted by Crippen LogP contribution is -2.05. The molecule has 0 spiro atoms. The van der Waals surface area contributed by atoms with Crippen LogP contribution in [-0.2, 0) is 6.54 Å². The van der Waals surface area contributed by atoms with Gasteiger partial charge >= 0.3 is 0 Å². The van der Waals surface area contributed by atoms with Gasteiger partial charge < -0.3 is 5.32 Å². The van der Waals surface area contributed by atoms with E-state index in [0.717, 1.165) is 23.6 Å². The number of imidazole rings is 1. The second-order valence-corrected chi connectivity index (χ2v) is 3.74. The van der Waals surface area contributed by atoms with E-state index in [4.69, 9.17) is 0 Å². The van der Waals surface area contributed by atoms with Gasteiger partial charge in [-0.3, -0.25) is 10.1 Å². The molecule has 17 heavy (non-hydrogen) atoms. The Kier molecular flexibility index (Phi) is 2.34. The Balaban J connectivity index is 2.01. The molecule has 0 unspecified atom stereocenters. The Morgan fingerprint density at radius 2 is 2.12 bits per heavy atom. The number of pyridine rings is 1. The molecule has 0 aliphatic rings. The molecule has 3 heterocycles. The summed E-state index contributed by atoms with van der Waals surface area (Å²) in [6.45, 7) is 0.738. The van der Waals surface area contributed by atoms with Gasteiger partial charge in [0.2, 0.25) is 0 Å². The van der Waals surface area contributed by atoms with Crippen LogP contribution in [0.15, 0.2) is 30.7 Å². The maximum Gasteiger partial charge on any atom is 0.251 e. The van der Waals surface area contributed by atoms with Crippen LogP contribution in [0.5, 0.6) is 0 Å². The van der Waals surface area contributed by atoms with Gasteiger partial charge in [-0.2, -0.15) is 4.98 Å². The molecule has 0 aliphatic heterocycles. The van der Waals surface area contributed by atoms with Gasteiger partial charge in [-0.05, 0) is 19.2 Å². The van der Waals surface area contributed by atoms with E-state index in [1.807, 2.05) is 29.9 Å². The zero-order valence-corrected chi connectivity index (χ0v) is 9.38. The highest BCUT2D eigenvalue weighted by molar-refractivity contribution is 5.55. The Bertz CT molecular complexity index is 592. The van der Waals surface area contributed by atoms with Gasteiger partial charge in [-0.15, -0.1) is 0 Å². The van der Waals surface area contributed by atoms with Crippen LogP contribution in [-0.4, -0.2) is 31.6 Å². The number of hydrogen-bond acceptors (Lipinski definition) is 4. The van der Waals surface area contributed by atoms with Gasteiger partial charge in [0.15, 0.2) is 5.82 Å². The van der Waals surface area contributed by atoms with Crippen molar-refractivity contribution >= 4 is 5.78 Å². The molecule has 0 radical (unpaired) electrons. The van der Waals surface area contributed by atoms with Crippen molar-refractivity contribution in [1.29, 1.82) is 0 Å². The second-order valence-electron chi connectivity index (χ2n) is 3.74. The summed E-state index contributed by atoms with van der Waals surface area (Å²) in [6, 6.07) is 3.82. The van der Waals surface area contributed by atoms with Crippen LogP contribution in [0, 0.1) is 0 Å². The Morgan fingerprint density at radius 1 is 1.29 bits per heavy atom. The third kappa shape index (κ3) is 1.78. The largest absolute Gasteiger partial charge is 0.314 e. The molecule has 0 amide bonds. The highest BCUT2D eigenvalue weighted by atomic mass is 15.3. The fraction of sp³-hybridized carbons (Fsp3) is 0.182. The summed E-state index contributed by atoms with van der Waals surface area (Å²) in [5.41, 5.74) is 1.97. The molecule has 3 aromatic heterocycles. The number of aromatic nitrogens is 5. The lowest BCUT2D eigenvalue weighted by atomic mass is 10.3. The third-order valence-corrected chi connectivity index (χ3v) is 2.49. The number of fused-ring (bicyclic) bond motifs is 1. The highest BCUT2D eigenvalue weighted by Gasteiger charge is 2.07. The molecule has 0 fully saturated rings. The average Bonchev–Trinajstić information content (AvgIpc) is 2.88. The van der Waals surface area contributed by atoms with E-state index < -0.39 is 0 Å². The topological polar surface area (TPSA) is 70.9 Å². The molecule has 86 valence electrons. The Labute approximate surface area is 97.7 Å². The Hall–Kier alpha value is -2.21. The number of H-pyrrole nitrogens is 1. The van der Waals surface area contributed by atoms with E-state index in [0.29, 0.717) is 5.78 Å². The van der Waals surface area contributed by atoms with Gasteiger partial charge in [-0.1, -0.05) is 0 Å². The number of nitrogens with zero attached hydrogens (tertiary/aromatic N) is 4. The van der Waals surface area contributed by atoms with Crippen molar-refractivity contribution in [2.75, 3.05) is 7.05 Å². The van der Waals surface area contributed by atoms with Gasteiger partial charge in [0.05, 0.1) is 11.9 Å². The summed E-state index contributed by atoms with van der Waals surface area (Å²) >= 11 is 0. The molecular weight excluding hydrogens is 216 g/mol. The van der Waals surface area contributed by atoms with Crippen LogP contribution in [0.3, 0.4) is 0 Å². The van der Waals surface area contributed by atoms with E-state index >= 15 is 0 Å². The predicted octanol–water partition coefficient (Wildman–Crippen LogP) is 0.839. The van der Waals surface area contributed by atoms with E-state index in [1.54, 1.807) is 12.4 Å². The lowest BCUT2D eigenvalue weighted by Gasteiger charge is -1.93. The quantitative estimate of drug-likeness (QED) is 0.697. The predicted molar refractivity (Wildman–Crippen MR) is 63.3 cm³/mol. The molecule has 6 nitrogen and oxygen atoms in total. The van der Waals surface area contributed by atoms with E-state index in [9.17, 15) is 0 Å². The fourth-order valence-electron chi connectivity index (χ4n) is 1.72. The first-order chi connectivity index (χ1) is 8.36. The van der Waals surface area contributed by atoms with Crippen molar-refractivity contribution in [3.05, 3.63) is 36.4 Å². The minimum Gasteiger partial charge on any atom is -0.314 e. The normalized spacial score (nSPS) is 11.1. The van der Waals surface area contributed by atoms with Gasteiger partial charge in [-0.25, -0.2) is 9.50 Å². The fourth-order valence-corrected chi connectivity index (χ4v) is 1.72. The summed E-state index contributed by atoms with van der Waals surface area (Å²) in [6.07, 6.45) is 5.42. The van der Waals surface area contributed by atoms with Crippen LogP contribution in [0.25, 0.3) is 17.2 Å². The highest BCUT2D eigenvalue weighted by Crippen LogP contribution is 2.14. The maximum atomic E-state index is 4.43. The monoisotopic (exact) mass is 228 g/mol. The minimum absolute atomic E-state index is 0.682. The van der Waals surface area contributed by atoms with E-state index in [2.05, 4.69) is 25.4 Å². The van der Waals surface area contributed by atoms with Crippen molar-refractivity contribution < 1.29 is 0 Å². The number of nitrogens with one attached hydrogen (secondary N) is 2. The Morgan fingerprint density at radius 3 is 2.82 bits per heavy atom. The van der Waals surface area contributed by atoms with Gasteiger partial charge in [0, 0.05) is 24.5 Å². The summed E-state index contributed by atoms with van der Waals surface area (Å²) in [5, 5.41) is 6.23. The first-order valence-electron chi connectivity index (χ1n) is 5.36. The molecule has 0 bridgehead atoms.